The molecule has 2 aromatic carbocycles. The van der Waals surface area contributed by atoms with E-state index in [1.54, 1.807) is 6.21 Å². The Labute approximate surface area is 149 Å². The van der Waals surface area contributed by atoms with E-state index in [9.17, 15) is 4.79 Å². The van der Waals surface area contributed by atoms with Crippen molar-refractivity contribution in [2.75, 3.05) is 6.61 Å². The number of carbonyl (C=O) groups excluding carboxylic acids is 1. The lowest BCUT2D eigenvalue weighted by molar-refractivity contribution is -0.123. The summed E-state index contributed by atoms with van der Waals surface area (Å²) in [5, 5.41) is 4.03. The summed E-state index contributed by atoms with van der Waals surface area (Å²) in [6.07, 6.45) is 1.66. The van der Waals surface area contributed by atoms with E-state index in [-0.39, 0.29) is 12.5 Å². The quantitative estimate of drug-likeness (QED) is 0.632. The number of ether oxygens (including phenoxy) is 1. The fraction of sp³-hybridized carbons (Fsp3) is 0.333. The summed E-state index contributed by atoms with van der Waals surface area (Å²) in [6.45, 7) is 10.2. The van der Waals surface area contributed by atoms with Gasteiger partial charge in [0.1, 0.15) is 5.75 Å². The predicted molar refractivity (Wildman–Crippen MR) is 102 cm³/mol. The fourth-order valence-electron chi connectivity index (χ4n) is 2.49. The number of nitrogens with zero attached hydrogens (tertiary/aromatic N) is 1. The van der Waals surface area contributed by atoms with Gasteiger partial charge in [-0.3, -0.25) is 4.79 Å². The lowest BCUT2D eigenvalue weighted by Crippen LogP contribution is -2.25. The van der Waals surface area contributed by atoms with Gasteiger partial charge in [-0.1, -0.05) is 49.7 Å². The van der Waals surface area contributed by atoms with E-state index in [4.69, 9.17) is 4.74 Å². The molecular formula is C21H26N2O2. The van der Waals surface area contributed by atoms with Crippen molar-refractivity contribution in [3.63, 3.8) is 0 Å². The number of carbonyl (C=O) groups is 1. The summed E-state index contributed by atoms with van der Waals surface area (Å²) in [6, 6.07) is 12.2. The van der Waals surface area contributed by atoms with Crippen molar-refractivity contribution in [3.05, 3.63) is 64.2 Å². The normalized spacial score (nSPS) is 11.1. The lowest BCUT2D eigenvalue weighted by Gasteiger charge is -2.14. The highest BCUT2D eigenvalue weighted by atomic mass is 16.5. The van der Waals surface area contributed by atoms with Crippen molar-refractivity contribution < 1.29 is 9.53 Å². The first-order chi connectivity index (χ1) is 11.9. The van der Waals surface area contributed by atoms with Crippen LogP contribution in [0.3, 0.4) is 0 Å². The molecule has 0 aromatic heterocycles. The third-order valence-corrected chi connectivity index (χ3v) is 3.98. The summed E-state index contributed by atoms with van der Waals surface area (Å²) in [4.78, 5) is 12.0. The minimum Gasteiger partial charge on any atom is -0.483 e. The zero-order valence-corrected chi connectivity index (χ0v) is 15.6. The molecule has 0 spiro atoms. The van der Waals surface area contributed by atoms with Gasteiger partial charge in [-0.2, -0.15) is 5.10 Å². The Morgan fingerprint density at radius 3 is 2.52 bits per heavy atom. The molecule has 0 aliphatic heterocycles. The monoisotopic (exact) mass is 338 g/mol. The van der Waals surface area contributed by atoms with E-state index in [0.29, 0.717) is 5.92 Å². The highest BCUT2D eigenvalue weighted by Gasteiger charge is 2.10. The van der Waals surface area contributed by atoms with E-state index in [1.807, 2.05) is 51.1 Å². The number of hydrogen-bond donors (Lipinski definition) is 1. The van der Waals surface area contributed by atoms with Crippen LogP contribution >= 0.6 is 0 Å². The van der Waals surface area contributed by atoms with Crippen LogP contribution in [0.15, 0.2) is 41.5 Å². The highest BCUT2D eigenvalue weighted by Crippen LogP contribution is 2.27. The Morgan fingerprint density at radius 2 is 1.80 bits per heavy atom. The molecule has 0 bridgehead atoms. The number of nitrogens with one attached hydrogen (secondary N) is 1. The second kappa shape index (κ2) is 8.47. The van der Waals surface area contributed by atoms with Crippen molar-refractivity contribution in [3.8, 4) is 5.75 Å². The molecule has 0 atom stereocenters. The van der Waals surface area contributed by atoms with Gasteiger partial charge in [0.15, 0.2) is 6.61 Å². The third-order valence-electron chi connectivity index (χ3n) is 3.98. The molecule has 2 rings (SSSR count). The van der Waals surface area contributed by atoms with Crippen molar-refractivity contribution in [1.29, 1.82) is 0 Å². The SMILES string of the molecule is Cc1ccc(C)c(/C=N\NC(=O)COc2cc(C)ccc2C(C)C)c1. The molecule has 1 N–H and O–H groups in total. The van der Waals surface area contributed by atoms with E-state index in [0.717, 1.165) is 33.6 Å². The Kier molecular flexibility index (Phi) is 6.34. The van der Waals surface area contributed by atoms with Crippen molar-refractivity contribution in [1.82, 2.24) is 5.43 Å². The van der Waals surface area contributed by atoms with Gasteiger partial charge in [0.2, 0.25) is 0 Å². The largest absolute Gasteiger partial charge is 0.483 e. The van der Waals surface area contributed by atoms with Gasteiger partial charge in [0.25, 0.3) is 5.91 Å². The van der Waals surface area contributed by atoms with Crippen molar-refractivity contribution in [2.24, 2.45) is 5.10 Å². The summed E-state index contributed by atoms with van der Waals surface area (Å²) >= 11 is 0. The zero-order chi connectivity index (χ0) is 18.4. The summed E-state index contributed by atoms with van der Waals surface area (Å²) in [5.41, 5.74) is 7.97. The number of benzene rings is 2. The first-order valence-electron chi connectivity index (χ1n) is 8.49. The van der Waals surface area contributed by atoms with Gasteiger partial charge in [0.05, 0.1) is 6.21 Å². The van der Waals surface area contributed by atoms with Crippen molar-refractivity contribution in [2.45, 2.75) is 40.5 Å². The highest BCUT2D eigenvalue weighted by molar-refractivity contribution is 5.84. The summed E-state index contributed by atoms with van der Waals surface area (Å²) in [5.74, 6) is 0.808. The molecule has 0 aliphatic rings. The Morgan fingerprint density at radius 1 is 1.12 bits per heavy atom. The molecule has 1 amide bonds. The number of hydrazone groups is 1. The molecule has 132 valence electrons. The van der Waals surface area contributed by atoms with Crippen LogP contribution in [0.2, 0.25) is 0 Å². The molecule has 0 saturated heterocycles. The first-order valence-corrected chi connectivity index (χ1v) is 8.49. The molecule has 0 unspecified atom stereocenters. The Balaban J connectivity index is 1.94. The van der Waals surface area contributed by atoms with Crippen LogP contribution < -0.4 is 10.2 Å². The predicted octanol–water partition coefficient (Wildman–Crippen LogP) is 4.26. The molecule has 0 saturated carbocycles. The molecule has 0 heterocycles. The number of hydrogen-bond acceptors (Lipinski definition) is 3. The zero-order valence-electron chi connectivity index (χ0n) is 15.6. The van der Waals surface area contributed by atoms with Crippen LogP contribution in [0.4, 0.5) is 0 Å². The maximum absolute atomic E-state index is 12.0. The van der Waals surface area contributed by atoms with Crippen LogP contribution in [-0.2, 0) is 4.79 Å². The van der Waals surface area contributed by atoms with E-state index in [1.165, 1.54) is 0 Å². The molecule has 0 radical (unpaired) electrons. The van der Waals surface area contributed by atoms with E-state index >= 15 is 0 Å². The number of amides is 1. The summed E-state index contributed by atoms with van der Waals surface area (Å²) < 4.78 is 5.70. The molecule has 0 fully saturated rings. The van der Waals surface area contributed by atoms with Crippen molar-refractivity contribution >= 4 is 12.1 Å². The van der Waals surface area contributed by atoms with E-state index in [2.05, 4.69) is 30.4 Å². The maximum atomic E-state index is 12.0. The second-order valence-corrected chi connectivity index (χ2v) is 6.64. The molecule has 2 aromatic rings. The summed E-state index contributed by atoms with van der Waals surface area (Å²) in [7, 11) is 0. The smallest absolute Gasteiger partial charge is 0.277 e. The average Bonchev–Trinajstić information content (AvgIpc) is 2.56. The Bertz CT molecular complexity index is 779. The van der Waals surface area contributed by atoms with Crippen LogP contribution in [0.1, 0.15) is 47.6 Å². The first kappa shape index (κ1) is 18.7. The minimum atomic E-state index is -0.280. The molecule has 4 nitrogen and oxygen atoms in total. The van der Waals surface area contributed by atoms with Crippen LogP contribution in [0.25, 0.3) is 0 Å². The van der Waals surface area contributed by atoms with Gasteiger partial charge in [-0.15, -0.1) is 0 Å². The average molecular weight is 338 g/mol. The van der Waals surface area contributed by atoms with Crippen LogP contribution in [-0.4, -0.2) is 18.7 Å². The Hall–Kier alpha value is -2.62. The van der Waals surface area contributed by atoms with Gasteiger partial charge in [0, 0.05) is 0 Å². The molecular weight excluding hydrogens is 312 g/mol. The second-order valence-electron chi connectivity index (χ2n) is 6.64. The standard InChI is InChI=1S/C21H26N2O2/c1-14(2)19-9-7-16(4)11-20(19)25-13-21(24)23-22-12-18-10-15(3)6-8-17(18)5/h6-12,14H,13H2,1-5H3,(H,23,24)/b22-12-. The van der Waals surface area contributed by atoms with Crippen LogP contribution in [0.5, 0.6) is 5.75 Å². The minimum absolute atomic E-state index is 0.0622. The van der Waals surface area contributed by atoms with Gasteiger partial charge in [-0.25, -0.2) is 5.43 Å². The topological polar surface area (TPSA) is 50.7 Å². The maximum Gasteiger partial charge on any atom is 0.277 e. The number of rotatable bonds is 6. The van der Waals surface area contributed by atoms with Crippen LogP contribution in [0, 0.1) is 20.8 Å². The molecule has 25 heavy (non-hydrogen) atoms. The number of aryl methyl sites for hydroxylation is 3. The van der Waals surface area contributed by atoms with Gasteiger partial charge >= 0.3 is 0 Å². The third kappa shape index (κ3) is 5.45. The van der Waals surface area contributed by atoms with E-state index < -0.39 is 0 Å². The van der Waals surface area contributed by atoms with Gasteiger partial charge in [-0.05, 0) is 55.0 Å². The molecule has 4 heteroatoms. The van der Waals surface area contributed by atoms with Gasteiger partial charge < -0.3 is 4.74 Å². The molecule has 0 aliphatic carbocycles. The lowest BCUT2D eigenvalue weighted by atomic mass is 10.0. The fourth-order valence-corrected chi connectivity index (χ4v) is 2.49.